The van der Waals surface area contributed by atoms with Crippen LogP contribution in [0.3, 0.4) is 0 Å². The van der Waals surface area contributed by atoms with Crippen LogP contribution in [0.4, 0.5) is 0 Å². The van der Waals surface area contributed by atoms with Crippen LogP contribution in [0.5, 0.6) is 0 Å². The molecule has 1 heterocycles. The van der Waals surface area contributed by atoms with Gasteiger partial charge in [-0.1, -0.05) is 62.4 Å². The minimum Gasteiger partial charge on any atom is -0.391 e. The van der Waals surface area contributed by atoms with Crippen LogP contribution in [0, 0.1) is 0 Å². The summed E-state index contributed by atoms with van der Waals surface area (Å²) in [7, 11) is 0. The lowest BCUT2D eigenvalue weighted by Crippen LogP contribution is -2.44. The van der Waals surface area contributed by atoms with Crippen molar-refractivity contribution in [3.8, 4) is 0 Å². The van der Waals surface area contributed by atoms with Crippen molar-refractivity contribution < 1.29 is 19.5 Å². The number of nitrogens with one attached hydrogen (secondary N) is 1. The molecule has 31 heavy (non-hydrogen) atoms. The molecule has 1 aliphatic heterocycles. The average molecular weight is 427 g/mol. The average Bonchev–Trinajstić information content (AvgIpc) is 3.02. The van der Waals surface area contributed by atoms with Crippen LogP contribution in [0.15, 0.2) is 35.9 Å². The Balaban J connectivity index is 1.28. The van der Waals surface area contributed by atoms with Crippen molar-refractivity contribution in [2.75, 3.05) is 6.54 Å². The van der Waals surface area contributed by atoms with Crippen molar-refractivity contribution >= 4 is 23.8 Å². The van der Waals surface area contributed by atoms with Crippen LogP contribution in [0.2, 0.25) is 0 Å². The molecule has 6 nitrogen and oxygen atoms in total. The maximum atomic E-state index is 12.5. The number of aliphatic hydroxyl groups excluding tert-OH is 1. The van der Waals surface area contributed by atoms with Crippen molar-refractivity contribution in [2.24, 2.45) is 0 Å². The maximum absolute atomic E-state index is 12.5. The molecule has 0 unspecified atom stereocenters. The van der Waals surface area contributed by atoms with E-state index in [0.29, 0.717) is 18.5 Å². The third-order valence-electron chi connectivity index (χ3n) is 6.16. The molecule has 1 aromatic rings. The van der Waals surface area contributed by atoms with Crippen molar-refractivity contribution in [1.82, 2.24) is 10.2 Å². The van der Waals surface area contributed by atoms with Gasteiger partial charge >= 0.3 is 0 Å². The number of rotatable bonds is 10. The first-order chi connectivity index (χ1) is 15.0. The van der Waals surface area contributed by atoms with Gasteiger partial charge in [0.2, 0.25) is 11.8 Å². The Kier molecular flexibility index (Phi) is 8.83. The van der Waals surface area contributed by atoms with Gasteiger partial charge in [0.05, 0.1) is 18.6 Å². The largest absolute Gasteiger partial charge is 0.391 e. The maximum Gasteiger partial charge on any atom is 0.256 e. The van der Waals surface area contributed by atoms with Gasteiger partial charge < -0.3 is 10.4 Å². The number of carbonyl (C=O) groups excluding carboxylic acids is 3. The number of aliphatic hydroxyl groups is 1. The second kappa shape index (κ2) is 11.8. The van der Waals surface area contributed by atoms with Crippen LogP contribution in [-0.4, -0.2) is 46.4 Å². The number of hydrogen-bond acceptors (Lipinski definition) is 4. The van der Waals surface area contributed by atoms with Crippen LogP contribution >= 0.6 is 0 Å². The highest BCUT2D eigenvalue weighted by molar-refractivity contribution is 6.15. The number of hydrogen-bond donors (Lipinski definition) is 2. The summed E-state index contributed by atoms with van der Waals surface area (Å²) in [5, 5.41) is 12.9. The minimum absolute atomic E-state index is 0.0249. The van der Waals surface area contributed by atoms with Crippen LogP contribution in [0.1, 0.15) is 76.2 Å². The number of likely N-dealkylation sites (tertiary alicyclic amines) is 1. The summed E-state index contributed by atoms with van der Waals surface area (Å²) >= 11 is 0. The van der Waals surface area contributed by atoms with Gasteiger partial charge in [-0.3, -0.25) is 19.3 Å². The molecule has 2 N–H and O–H groups in total. The Morgan fingerprint density at radius 1 is 1.03 bits per heavy atom. The molecule has 6 heteroatoms. The van der Waals surface area contributed by atoms with E-state index < -0.39 is 6.10 Å². The first kappa shape index (κ1) is 23.2. The van der Waals surface area contributed by atoms with Crippen LogP contribution < -0.4 is 5.32 Å². The van der Waals surface area contributed by atoms with E-state index in [0.717, 1.165) is 63.4 Å². The molecule has 2 aliphatic rings. The standard InChI is InChI=1S/C25H34N2O4/c28-22-14-9-8-13-21(22)26-23(29)15-7-2-1-3-10-16-27-24(30)18-20(25(27)31)17-19-11-5-4-6-12-19/h4-6,11-12,17,21-22,28H,1-3,7-10,13-16,18H2,(H,26,29)/b20-17+/t21-,22-/m0/s1. The Bertz CT molecular complexity index is 790. The van der Waals surface area contributed by atoms with Crippen molar-refractivity contribution in [3.63, 3.8) is 0 Å². The second-order valence-corrected chi connectivity index (χ2v) is 8.65. The van der Waals surface area contributed by atoms with E-state index in [-0.39, 0.29) is 30.2 Å². The minimum atomic E-state index is -0.406. The summed E-state index contributed by atoms with van der Waals surface area (Å²) in [5.41, 5.74) is 1.49. The van der Waals surface area contributed by atoms with Crippen LogP contribution in [0.25, 0.3) is 6.08 Å². The Morgan fingerprint density at radius 2 is 1.74 bits per heavy atom. The second-order valence-electron chi connectivity index (χ2n) is 8.65. The quantitative estimate of drug-likeness (QED) is 0.340. The number of nitrogens with zero attached hydrogens (tertiary/aromatic N) is 1. The fourth-order valence-corrected chi connectivity index (χ4v) is 4.35. The molecule has 0 aromatic heterocycles. The summed E-state index contributed by atoms with van der Waals surface area (Å²) in [6.07, 6.45) is 10.3. The molecule has 3 rings (SSSR count). The molecule has 1 aliphatic carbocycles. The highest BCUT2D eigenvalue weighted by Gasteiger charge is 2.33. The molecule has 0 spiro atoms. The third-order valence-corrected chi connectivity index (χ3v) is 6.16. The Labute approximate surface area is 184 Å². The molecule has 3 amide bonds. The first-order valence-electron chi connectivity index (χ1n) is 11.6. The van der Waals surface area contributed by atoms with E-state index in [1.54, 1.807) is 6.08 Å². The van der Waals surface area contributed by atoms with Crippen molar-refractivity contribution in [2.45, 2.75) is 82.8 Å². The molecule has 168 valence electrons. The van der Waals surface area contributed by atoms with Gasteiger partial charge in [0.25, 0.3) is 5.91 Å². The monoisotopic (exact) mass is 426 g/mol. The van der Waals surface area contributed by atoms with E-state index in [2.05, 4.69) is 5.32 Å². The Morgan fingerprint density at radius 3 is 2.52 bits per heavy atom. The molecular weight excluding hydrogens is 392 g/mol. The van der Waals surface area contributed by atoms with Gasteiger partial charge in [-0.25, -0.2) is 0 Å². The number of amides is 3. The first-order valence-corrected chi connectivity index (χ1v) is 11.6. The van der Waals surface area contributed by atoms with Crippen LogP contribution in [-0.2, 0) is 14.4 Å². The van der Waals surface area contributed by atoms with Crippen molar-refractivity contribution in [1.29, 1.82) is 0 Å². The molecular formula is C25H34N2O4. The van der Waals surface area contributed by atoms with E-state index >= 15 is 0 Å². The zero-order valence-corrected chi connectivity index (χ0v) is 18.2. The number of imide groups is 1. The summed E-state index contributed by atoms with van der Waals surface area (Å²) in [5.74, 6) is -0.263. The number of unbranched alkanes of at least 4 members (excludes halogenated alkanes) is 4. The van der Waals surface area contributed by atoms with E-state index in [1.807, 2.05) is 30.3 Å². The summed E-state index contributed by atoms with van der Waals surface area (Å²) < 4.78 is 0. The predicted octanol–water partition coefficient (Wildman–Crippen LogP) is 3.59. The van der Waals surface area contributed by atoms with E-state index in [1.165, 1.54) is 4.90 Å². The summed E-state index contributed by atoms with van der Waals surface area (Å²) in [4.78, 5) is 38.2. The van der Waals surface area contributed by atoms with Gasteiger partial charge in [-0.05, 0) is 37.3 Å². The zero-order chi connectivity index (χ0) is 22.1. The number of carbonyl (C=O) groups is 3. The highest BCUT2D eigenvalue weighted by atomic mass is 16.3. The van der Waals surface area contributed by atoms with E-state index in [4.69, 9.17) is 0 Å². The van der Waals surface area contributed by atoms with Crippen molar-refractivity contribution in [3.05, 3.63) is 41.5 Å². The molecule has 1 aromatic carbocycles. The van der Waals surface area contributed by atoms with Gasteiger partial charge in [0.1, 0.15) is 0 Å². The SMILES string of the molecule is O=C(CCCCCCCN1C(=O)C/C(=C\c2ccccc2)C1=O)N[C@H]1CCCC[C@@H]1O. The highest BCUT2D eigenvalue weighted by Crippen LogP contribution is 2.22. The van der Waals surface area contributed by atoms with Gasteiger partial charge in [0.15, 0.2) is 0 Å². The lowest BCUT2D eigenvalue weighted by atomic mass is 9.92. The predicted molar refractivity (Wildman–Crippen MR) is 120 cm³/mol. The Hall–Kier alpha value is -2.47. The molecule has 1 saturated heterocycles. The fourth-order valence-electron chi connectivity index (χ4n) is 4.35. The third kappa shape index (κ3) is 7.03. The molecule has 0 bridgehead atoms. The molecule has 0 radical (unpaired) electrons. The lowest BCUT2D eigenvalue weighted by Gasteiger charge is -2.28. The topological polar surface area (TPSA) is 86.7 Å². The van der Waals surface area contributed by atoms with Gasteiger partial charge in [-0.15, -0.1) is 0 Å². The smallest absolute Gasteiger partial charge is 0.256 e. The fraction of sp³-hybridized carbons (Fsp3) is 0.560. The van der Waals surface area contributed by atoms with E-state index in [9.17, 15) is 19.5 Å². The summed E-state index contributed by atoms with van der Waals surface area (Å²) in [6.45, 7) is 0.462. The molecule has 2 atom stereocenters. The lowest BCUT2D eigenvalue weighted by molar-refractivity contribution is -0.137. The number of benzene rings is 1. The normalized spacial score (nSPS) is 22.9. The molecule has 1 saturated carbocycles. The van der Waals surface area contributed by atoms with Gasteiger partial charge in [0, 0.05) is 18.5 Å². The zero-order valence-electron chi connectivity index (χ0n) is 18.2. The molecule has 2 fully saturated rings. The van der Waals surface area contributed by atoms with Gasteiger partial charge in [-0.2, -0.15) is 0 Å². The summed E-state index contributed by atoms with van der Waals surface area (Å²) in [6, 6.07) is 9.50.